The van der Waals surface area contributed by atoms with Crippen LogP contribution in [0.5, 0.6) is 0 Å². The molecule has 2 heterocycles. The van der Waals surface area contributed by atoms with Crippen LogP contribution in [0, 0.1) is 19.7 Å². The third-order valence-electron chi connectivity index (χ3n) is 3.86. The van der Waals surface area contributed by atoms with E-state index in [0.717, 1.165) is 11.3 Å². The number of aryl methyl sites for hydroxylation is 1. The van der Waals surface area contributed by atoms with Gasteiger partial charge in [-0.2, -0.15) is 0 Å². The van der Waals surface area contributed by atoms with Crippen LogP contribution >= 0.6 is 0 Å². The Kier molecular flexibility index (Phi) is 4.83. The SMILES string of the molecule is Cc1ccc(CC(=O)Nc2nnn(Cc3ccccc3F)c2C)cn1. The lowest BCUT2D eigenvalue weighted by Gasteiger charge is -2.06. The summed E-state index contributed by atoms with van der Waals surface area (Å²) < 4.78 is 15.3. The molecule has 0 bridgehead atoms. The van der Waals surface area contributed by atoms with Gasteiger partial charge < -0.3 is 5.32 Å². The van der Waals surface area contributed by atoms with Gasteiger partial charge in [0.25, 0.3) is 0 Å². The van der Waals surface area contributed by atoms with Crippen molar-refractivity contribution >= 4 is 11.7 Å². The highest BCUT2D eigenvalue weighted by Crippen LogP contribution is 2.14. The lowest BCUT2D eigenvalue weighted by molar-refractivity contribution is -0.115. The maximum absolute atomic E-state index is 13.8. The average Bonchev–Trinajstić information content (AvgIpc) is 2.92. The molecule has 0 aliphatic rings. The quantitative estimate of drug-likeness (QED) is 0.776. The van der Waals surface area contributed by atoms with E-state index >= 15 is 0 Å². The first-order chi connectivity index (χ1) is 12.0. The summed E-state index contributed by atoms with van der Waals surface area (Å²) in [7, 11) is 0. The molecule has 0 saturated heterocycles. The number of amides is 1. The molecule has 25 heavy (non-hydrogen) atoms. The lowest BCUT2D eigenvalue weighted by atomic mass is 10.2. The van der Waals surface area contributed by atoms with Gasteiger partial charge in [-0.05, 0) is 31.5 Å². The molecule has 6 nitrogen and oxygen atoms in total. The Morgan fingerprint density at radius 1 is 1.20 bits per heavy atom. The lowest BCUT2D eigenvalue weighted by Crippen LogP contribution is -2.16. The van der Waals surface area contributed by atoms with Gasteiger partial charge in [0.15, 0.2) is 5.82 Å². The second-order valence-corrected chi connectivity index (χ2v) is 5.81. The van der Waals surface area contributed by atoms with Crippen LogP contribution in [0.2, 0.25) is 0 Å². The van der Waals surface area contributed by atoms with Crippen molar-refractivity contribution in [3.63, 3.8) is 0 Å². The van der Waals surface area contributed by atoms with Crippen LogP contribution in [0.4, 0.5) is 10.2 Å². The third kappa shape index (κ3) is 4.06. The highest BCUT2D eigenvalue weighted by Gasteiger charge is 2.13. The van der Waals surface area contributed by atoms with E-state index in [0.29, 0.717) is 17.1 Å². The van der Waals surface area contributed by atoms with Crippen molar-refractivity contribution in [1.29, 1.82) is 0 Å². The molecule has 0 unspecified atom stereocenters. The highest BCUT2D eigenvalue weighted by molar-refractivity contribution is 5.91. The van der Waals surface area contributed by atoms with Crippen LogP contribution in [0.15, 0.2) is 42.6 Å². The third-order valence-corrected chi connectivity index (χ3v) is 3.86. The van der Waals surface area contributed by atoms with E-state index in [1.54, 1.807) is 36.0 Å². The van der Waals surface area contributed by atoms with Gasteiger partial charge in [0.1, 0.15) is 5.82 Å². The molecule has 1 amide bonds. The number of nitrogens with zero attached hydrogens (tertiary/aromatic N) is 4. The van der Waals surface area contributed by atoms with Crippen molar-refractivity contribution in [2.75, 3.05) is 5.32 Å². The molecule has 0 fully saturated rings. The Morgan fingerprint density at radius 3 is 2.72 bits per heavy atom. The van der Waals surface area contributed by atoms with E-state index in [9.17, 15) is 9.18 Å². The maximum atomic E-state index is 13.8. The maximum Gasteiger partial charge on any atom is 0.230 e. The molecule has 0 aliphatic carbocycles. The number of aromatic nitrogens is 4. The summed E-state index contributed by atoms with van der Waals surface area (Å²) in [5.74, 6) is -0.122. The normalized spacial score (nSPS) is 10.7. The van der Waals surface area contributed by atoms with Crippen LogP contribution in [0.25, 0.3) is 0 Å². The molecule has 2 aromatic heterocycles. The Morgan fingerprint density at radius 2 is 2.00 bits per heavy atom. The highest BCUT2D eigenvalue weighted by atomic mass is 19.1. The van der Waals surface area contributed by atoms with Gasteiger partial charge in [-0.15, -0.1) is 5.10 Å². The van der Waals surface area contributed by atoms with Gasteiger partial charge in [-0.25, -0.2) is 9.07 Å². The molecule has 0 atom stereocenters. The van der Waals surface area contributed by atoms with Gasteiger partial charge in [-0.3, -0.25) is 9.78 Å². The molecular formula is C18H18FN5O. The van der Waals surface area contributed by atoms with Crippen molar-refractivity contribution in [2.45, 2.75) is 26.8 Å². The topological polar surface area (TPSA) is 72.7 Å². The van der Waals surface area contributed by atoms with E-state index in [4.69, 9.17) is 0 Å². The van der Waals surface area contributed by atoms with Gasteiger partial charge in [-0.1, -0.05) is 29.5 Å². The first-order valence-corrected chi connectivity index (χ1v) is 7.88. The molecule has 0 saturated carbocycles. The summed E-state index contributed by atoms with van der Waals surface area (Å²) >= 11 is 0. The zero-order valence-electron chi connectivity index (χ0n) is 14.0. The molecule has 0 radical (unpaired) electrons. The van der Waals surface area contributed by atoms with E-state index in [2.05, 4.69) is 20.6 Å². The molecule has 0 spiro atoms. The van der Waals surface area contributed by atoms with Crippen molar-refractivity contribution in [2.24, 2.45) is 0 Å². The van der Waals surface area contributed by atoms with E-state index < -0.39 is 0 Å². The number of halogens is 1. The van der Waals surface area contributed by atoms with Crippen LogP contribution in [-0.4, -0.2) is 25.9 Å². The molecule has 7 heteroatoms. The standard InChI is InChI=1S/C18H18FN5O/c1-12-7-8-14(10-20-12)9-17(25)21-18-13(2)24(23-22-18)11-15-5-3-4-6-16(15)19/h3-8,10H,9,11H2,1-2H3,(H,21,25). The van der Waals surface area contributed by atoms with Crippen LogP contribution in [0.3, 0.4) is 0 Å². The predicted molar refractivity (Wildman–Crippen MR) is 91.6 cm³/mol. The molecule has 3 aromatic rings. The Hall–Kier alpha value is -3.09. The second kappa shape index (κ2) is 7.21. The molecule has 128 valence electrons. The predicted octanol–water partition coefficient (Wildman–Crippen LogP) is 2.66. The van der Waals surface area contributed by atoms with Gasteiger partial charge in [0, 0.05) is 17.5 Å². The first-order valence-electron chi connectivity index (χ1n) is 7.88. The number of rotatable bonds is 5. The van der Waals surface area contributed by atoms with Crippen LogP contribution < -0.4 is 5.32 Å². The minimum absolute atomic E-state index is 0.201. The van der Waals surface area contributed by atoms with E-state index in [-0.39, 0.29) is 24.7 Å². The van der Waals surface area contributed by atoms with Crippen molar-refractivity contribution < 1.29 is 9.18 Å². The second-order valence-electron chi connectivity index (χ2n) is 5.81. The summed E-state index contributed by atoms with van der Waals surface area (Å²) in [5, 5.41) is 10.7. The summed E-state index contributed by atoms with van der Waals surface area (Å²) in [6, 6.07) is 10.2. The molecule has 0 aliphatic heterocycles. The average molecular weight is 339 g/mol. The van der Waals surface area contributed by atoms with Crippen molar-refractivity contribution in [3.05, 3.63) is 70.9 Å². The number of pyridine rings is 1. The fraction of sp³-hybridized carbons (Fsp3) is 0.222. The van der Waals surface area contributed by atoms with Gasteiger partial charge in [0.05, 0.1) is 18.7 Å². The minimum atomic E-state index is -0.296. The number of carbonyl (C=O) groups is 1. The number of carbonyl (C=O) groups excluding carboxylic acids is 1. The van der Waals surface area contributed by atoms with Crippen LogP contribution in [-0.2, 0) is 17.8 Å². The van der Waals surface area contributed by atoms with Crippen LogP contribution in [0.1, 0.15) is 22.5 Å². The first kappa shape index (κ1) is 16.8. The Balaban J connectivity index is 1.67. The van der Waals surface area contributed by atoms with Crippen molar-refractivity contribution in [1.82, 2.24) is 20.0 Å². The Bertz CT molecular complexity index is 889. The number of nitrogens with one attached hydrogen (secondary N) is 1. The molecule has 1 N–H and O–H groups in total. The van der Waals surface area contributed by atoms with E-state index in [1.165, 1.54) is 6.07 Å². The summed E-state index contributed by atoms with van der Waals surface area (Å²) in [5.41, 5.74) is 2.90. The van der Waals surface area contributed by atoms with Gasteiger partial charge in [0.2, 0.25) is 5.91 Å². The number of hydrogen-bond donors (Lipinski definition) is 1. The Labute approximate surface area is 144 Å². The smallest absolute Gasteiger partial charge is 0.230 e. The summed E-state index contributed by atoms with van der Waals surface area (Å²) in [4.78, 5) is 16.3. The zero-order chi connectivity index (χ0) is 17.8. The zero-order valence-corrected chi connectivity index (χ0v) is 14.0. The summed E-state index contributed by atoms with van der Waals surface area (Å²) in [6.07, 6.45) is 1.88. The van der Waals surface area contributed by atoms with E-state index in [1.807, 2.05) is 19.1 Å². The summed E-state index contributed by atoms with van der Waals surface area (Å²) in [6.45, 7) is 3.92. The minimum Gasteiger partial charge on any atom is -0.307 e. The fourth-order valence-corrected chi connectivity index (χ4v) is 2.38. The largest absolute Gasteiger partial charge is 0.307 e. The number of benzene rings is 1. The monoisotopic (exact) mass is 339 g/mol. The fourth-order valence-electron chi connectivity index (χ4n) is 2.38. The molecular weight excluding hydrogens is 321 g/mol. The molecule has 3 rings (SSSR count). The molecule has 1 aromatic carbocycles. The van der Waals surface area contributed by atoms with Crippen molar-refractivity contribution in [3.8, 4) is 0 Å². The number of hydrogen-bond acceptors (Lipinski definition) is 4. The number of anilines is 1. The van der Waals surface area contributed by atoms with Gasteiger partial charge >= 0.3 is 0 Å².